The average molecular weight is 305 g/mol. The molecular weight excluding hydrogens is 278 g/mol. The van der Waals surface area contributed by atoms with Gasteiger partial charge in [-0.15, -0.1) is 0 Å². The van der Waals surface area contributed by atoms with Crippen LogP contribution >= 0.6 is 0 Å². The van der Waals surface area contributed by atoms with E-state index in [4.69, 9.17) is 0 Å². The highest BCUT2D eigenvalue weighted by Gasteiger charge is 2.43. The summed E-state index contributed by atoms with van der Waals surface area (Å²) >= 11 is 0. The lowest BCUT2D eigenvalue weighted by Crippen LogP contribution is -2.38. The molecule has 0 saturated carbocycles. The number of hydrogen-bond donors (Lipinski definition) is 0. The van der Waals surface area contributed by atoms with Crippen LogP contribution in [0.2, 0.25) is 0 Å². The number of rotatable bonds is 2. The van der Waals surface area contributed by atoms with Crippen LogP contribution < -0.4 is 0 Å². The van der Waals surface area contributed by atoms with E-state index in [0.29, 0.717) is 11.8 Å². The Kier molecular flexibility index (Phi) is 3.77. The molecule has 120 valence electrons. The zero-order valence-electron chi connectivity index (χ0n) is 14.5. The summed E-state index contributed by atoms with van der Waals surface area (Å²) in [5.74, 6) is 2.08. The van der Waals surface area contributed by atoms with E-state index in [1.807, 2.05) is 0 Å². The van der Waals surface area contributed by atoms with Crippen molar-refractivity contribution in [3.05, 3.63) is 70.3 Å². The van der Waals surface area contributed by atoms with Gasteiger partial charge >= 0.3 is 0 Å². The highest BCUT2D eigenvalue weighted by molar-refractivity contribution is 5.48. The van der Waals surface area contributed by atoms with Gasteiger partial charge in [-0.2, -0.15) is 0 Å². The Morgan fingerprint density at radius 1 is 0.957 bits per heavy atom. The van der Waals surface area contributed by atoms with E-state index in [-0.39, 0.29) is 0 Å². The Hall–Kier alpha value is -1.60. The molecule has 3 atom stereocenters. The summed E-state index contributed by atoms with van der Waals surface area (Å²) in [6.45, 7) is 10.4. The molecule has 23 heavy (non-hydrogen) atoms. The van der Waals surface area contributed by atoms with Crippen LogP contribution in [0.1, 0.15) is 53.0 Å². The van der Waals surface area contributed by atoms with Crippen LogP contribution in [0.25, 0.3) is 0 Å². The first kappa shape index (κ1) is 15.0. The molecule has 2 aliphatic rings. The number of hydrogen-bond acceptors (Lipinski definition) is 1. The summed E-state index contributed by atoms with van der Waals surface area (Å²) in [6.07, 6.45) is 1.32. The molecule has 1 fully saturated rings. The third-order valence-electron chi connectivity index (χ3n) is 6.04. The Bertz CT molecular complexity index is 700. The molecule has 1 aliphatic carbocycles. The standard InChI is InChI=1S/C22H27N/c1-4-23-12-11-19-21(14-23)18-10-7-16(3)13-20(18)22(19)17-8-5-15(2)6-9-17/h5-10,13,19,21-22H,4,11-12,14H2,1-3H3/t19-,21-,22-/m1/s1. The van der Waals surface area contributed by atoms with Crippen molar-refractivity contribution in [3.8, 4) is 0 Å². The maximum Gasteiger partial charge on any atom is 0.0127 e. The van der Waals surface area contributed by atoms with Crippen LogP contribution in [0.15, 0.2) is 42.5 Å². The van der Waals surface area contributed by atoms with Crippen LogP contribution in [0, 0.1) is 19.8 Å². The lowest BCUT2D eigenvalue weighted by atomic mass is 9.78. The van der Waals surface area contributed by atoms with Crippen molar-refractivity contribution in [1.29, 1.82) is 0 Å². The molecule has 0 aromatic heterocycles. The first-order valence-corrected chi connectivity index (χ1v) is 9.06. The maximum atomic E-state index is 2.63. The van der Waals surface area contributed by atoms with Crippen molar-refractivity contribution < 1.29 is 0 Å². The lowest BCUT2D eigenvalue weighted by Gasteiger charge is -2.37. The molecule has 0 bridgehead atoms. The van der Waals surface area contributed by atoms with Gasteiger partial charge in [0.25, 0.3) is 0 Å². The van der Waals surface area contributed by atoms with Crippen molar-refractivity contribution in [3.63, 3.8) is 0 Å². The van der Waals surface area contributed by atoms with Gasteiger partial charge in [-0.1, -0.05) is 60.5 Å². The Morgan fingerprint density at radius 2 is 1.70 bits per heavy atom. The number of likely N-dealkylation sites (tertiary alicyclic amines) is 1. The second-order valence-corrected chi connectivity index (χ2v) is 7.47. The first-order chi connectivity index (χ1) is 11.2. The molecule has 0 spiro atoms. The minimum Gasteiger partial charge on any atom is -0.303 e. The average Bonchev–Trinajstić information content (AvgIpc) is 2.88. The van der Waals surface area contributed by atoms with Crippen molar-refractivity contribution in [1.82, 2.24) is 4.90 Å². The number of aryl methyl sites for hydroxylation is 2. The number of nitrogens with zero attached hydrogens (tertiary/aromatic N) is 1. The second-order valence-electron chi connectivity index (χ2n) is 7.47. The quantitative estimate of drug-likeness (QED) is 0.765. The van der Waals surface area contributed by atoms with Crippen molar-refractivity contribution in [2.45, 2.75) is 39.0 Å². The molecule has 0 unspecified atom stereocenters. The molecule has 1 saturated heterocycles. The van der Waals surface area contributed by atoms with Gasteiger partial charge in [0.05, 0.1) is 0 Å². The number of fused-ring (bicyclic) bond motifs is 3. The molecule has 2 aromatic rings. The van der Waals surface area contributed by atoms with Crippen molar-refractivity contribution in [2.24, 2.45) is 5.92 Å². The molecule has 1 aliphatic heterocycles. The van der Waals surface area contributed by atoms with E-state index in [1.54, 1.807) is 11.1 Å². The molecule has 2 aromatic carbocycles. The van der Waals surface area contributed by atoms with Gasteiger partial charge in [-0.05, 0) is 56.0 Å². The zero-order chi connectivity index (χ0) is 16.0. The molecule has 1 nitrogen and oxygen atoms in total. The number of benzene rings is 2. The maximum absolute atomic E-state index is 2.63. The van der Waals surface area contributed by atoms with Crippen LogP contribution in [0.3, 0.4) is 0 Å². The van der Waals surface area contributed by atoms with Gasteiger partial charge < -0.3 is 4.90 Å². The topological polar surface area (TPSA) is 3.24 Å². The zero-order valence-corrected chi connectivity index (χ0v) is 14.5. The predicted molar refractivity (Wildman–Crippen MR) is 97.2 cm³/mol. The molecule has 1 heterocycles. The first-order valence-electron chi connectivity index (χ1n) is 9.06. The summed E-state index contributed by atoms with van der Waals surface area (Å²) in [5, 5.41) is 0. The van der Waals surface area contributed by atoms with E-state index < -0.39 is 0 Å². The van der Waals surface area contributed by atoms with Crippen molar-refractivity contribution >= 4 is 0 Å². The summed E-state index contributed by atoms with van der Waals surface area (Å²) in [4.78, 5) is 2.63. The van der Waals surface area contributed by atoms with E-state index in [2.05, 4.69) is 68.1 Å². The van der Waals surface area contributed by atoms with Crippen LogP contribution in [0.5, 0.6) is 0 Å². The number of likely N-dealkylation sites (N-methyl/N-ethyl adjacent to an activating group) is 1. The molecule has 4 rings (SSSR count). The van der Waals surface area contributed by atoms with E-state index >= 15 is 0 Å². The smallest absolute Gasteiger partial charge is 0.0127 e. The Labute approximate surface area is 140 Å². The van der Waals surface area contributed by atoms with Crippen LogP contribution in [-0.2, 0) is 0 Å². The van der Waals surface area contributed by atoms with Gasteiger partial charge in [0.15, 0.2) is 0 Å². The molecule has 0 N–H and O–H groups in total. The van der Waals surface area contributed by atoms with Crippen LogP contribution in [-0.4, -0.2) is 24.5 Å². The molecule has 0 amide bonds. The van der Waals surface area contributed by atoms with Crippen LogP contribution in [0.4, 0.5) is 0 Å². The van der Waals surface area contributed by atoms with Gasteiger partial charge in [-0.3, -0.25) is 0 Å². The van der Waals surface area contributed by atoms with Crippen molar-refractivity contribution in [2.75, 3.05) is 19.6 Å². The SMILES string of the molecule is CCN1CC[C@H]2[C@@H](c3ccc(C)cc3)c3cc(C)ccc3[C@H]2C1. The summed E-state index contributed by atoms with van der Waals surface area (Å²) in [5.41, 5.74) is 7.48. The van der Waals surface area contributed by atoms with Gasteiger partial charge in [0.2, 0.25) is 0 Å². The molecule has 0 radical (unpaired) electrons. The Balaban J connectivity index is 1.80. The van der Waals surface area contributed by atoms with E-state index in [0.717, 1.165) is 5.92 Å². The molecule has 1 heteroatoms. The largest absolute Gasteiger partial charge is 0.303 e. The molecular formula is C22H27N. The normalized spacial score (nSPS) is 26.8. The fourth-order valence-electron chi connectivity index (χ4n) is 4.79. The fraction of sp³-hybridized carbons (Fsp3) is 0.455. The monoisotopic (exact) mass is 305 g/mol. The number of piperidine rings is 1. The van der Waals surface area contributed by atoms with Gasteiger partial charge in [-0.25, -0.2) is 0 Å². The summed E-state index contributed by atoms with van der Waals surface area (Å²) < 4.78 is 0. The third-order valence-corrected chi connectivity index (χ3v) is 6.04. The Morgan fingerprint density at radius 3 is 2.43 bits per heavy atom. The fourth-order valence-corrected chi connectivity index (χ4v) is 4.79. The lowest BCUT2D eigenvalue weighted by molar-refractivity contribution is 0.167. The summed E-state index contributed by atoms with van der Waals surface area (Å²) in [7, 11) is 0. The van der Waals surface area contributed by atoms with E-state index in [9.17, 15) is 0 Å². The highest BCUT2D eigenvalue weighted by Crippen LogP contribution is 2.53. The van der Waals surface area contributed by atoms with E-state index in [1.165, 1.54) is 42.7 Å². The third kappa shape index (κ3) is 2.52. The summed E-state index contributed by atoms with van der Waals surface area (Å²) in [6, 6.07) is 16.4. The highest BCUT2D eigenvalue weighted by atomic mass is 15.1. The van der Waals surface area contributed by atoms with Gasteiger partial charge in [0.1, 0.15) is 0 Å². The minimum absolute atomic E-state index is 0.592. The van der Waals surface area contributed by atoms with Gasteiger partial charge in [0, 0.05) is 18.4 Å². The minimum atomic E-state index is 0.592. The second kappa shape index (κ2) is 5.79. The predicted octanol–water partition coefficient (Wildman–Crippen LogP) is 4.87.